The Kier molecular flexibility index (Phi) is 6.40. The summed E-state index contributed by atoms with van der Waals surface area (Å²) in [5.74, 6) is -1.38. The van der Waals surface area contributed by atoms with E-state index in [-0.39, 0.29) is 11.1 Å². The first-order chi connectivity index (χ1) is 15.2. The molecule has 0 spiro atoms. The van der Waals surface area contributed by atoms with Crippen molar-refractivity contribution in [1.29, 1.82) is 0 Å². The lowest BCUT2D eigenvalue weighted by Gasteiger charge is -2.28. The maximum Gasteiger partial charge on any atom is 0.573 e. The summed E-state index contributed by atoms with van der Waals surface area (Å²) < 4.78 is 70.0. The van der Waals surface area contributed by atoms with Crippen LogP contribution in [0, 0.1) is 17.6 Å². The third-order valence-corrected chi connectivity index (χ3v) is 6.46. The van der Waals surface area contributed by atoms with Gasteiger partial charge in [-0.2, -0.15) is 0 Å². The van der Waals surface area contributed by atoms with Gasteiger partial charge in [-0.3, -0.25) is 0 Å². The van der Waals surface area contributed by atoms with E-state index in [2.05, 4.69) is 11.7 Å². The van der Waals surface area contributed by atoms with Gasteiger partial charge in [-0.1, -0.05) is 56.2 Å². The van der Waals surface area contributed by atoms with Crippen LogP contribution >= 0.6 is 0 Å². The minimum absolute atomic E-state index is 0.128. The molecule has 1 saturated carbocycles. The van der Waals surface area contributed by atoms with Gasteiger partial charge >= 0.3 is 6.36 Å². The highest BCUT2D eigenvalue weighted by molar-refractivity contribution is 5.89. The van der Waals surface area contributed by atoms with Crippen molar-refractivity contribution in [2.75, 3.05) is 0 Å². The van der Waals surface area contributed by atoms with Crippen molar-refractivity contribution in [3.63, 3.8) is 0 Å². The summed E-state index contributed by atoms with van der Waals surface area (Å²) in [7, 11) is 0. The molecule has 6 heteroatoms. The molecule has 3 aromatic carbocycles. The SMILES string of the molecule is CCC[C@H]1CC[C@H](c2ccc3c(F)c(-c4ccc(OC(F)(F)F)c(F)c4)ccc3c2)CC1. The van der Waals surface area contributed by atoms with Gasteiger partial charge in [0.05, 0.1) is 0 Å². The molecule has 32 heavy (non-hydrogen) atoms. The van der Waals surface area contributed by atoms with Crippen LogP contribution in [0.4, 0.5) is 22.0 Å². The highest BCUT2D eigenvalue weighted by atomic mass is 19.4. The van der Waals surface area contributed by atoms with Crippen molar-refractivity contribution in [3.05, 3.63) is 65.7 Å². The minimum Gasteiger partial charge on any atom is -0.403 e. The van der Waals surface area contributed by atoms with E-state index >= 15 is 4.39 Å². The summed E-state index contributed by atoms with van der Waals surface area (Å²) in [5, 5.41) is 1.17. The first kappa shape index (κ1) is 22.6. The summed E-state index contributed by atoms with van der Waals surface area (Å²) >= 11 is 0. The first-order valence-corrected chi connectivity index (χ1v) is 11.0. The van der Waals surface area contributed by atoms with Gasteiger partial charge in [0.1, 0.15) is 5.82 Å². The van der Waals surface area contributed by atoms with Crippen LogP contribution in [0.25, 0.3) is 21.9 Å². The average Bonchev–Trinajstić information content (AvgIpc) is 2.75. The lowest BCUT2D eigenvalue weighted by molar-refractivity contribution is -0.275. The molecule has 0 aliphatic heterocycles. The summed E-state index contributed by atoms with van der Waals surface area (Å²) in [4.78, 5) is 0. The molecule has 170 valence electrons. The molecule has 0 heterocycles. The predicted octanol–water partition coefficient (Wildman–Crippen LogP) is 8.76. The summed E-state index contributed by atoms with van der Waals surface area (Å²) in [6.07, 6.45) is 2.23. The Balaban J connectivity index is 1.59. The highest BCUT2D eigenvalue weighted by Crippen LogP contribution is 2.39. The van der Waals surface area contributed by atoms with Crippen molar-refractivity contribution >= 4 is 10.8 Å². The topological polar surface area (TPSA) is 9.23 Å². The molecule has 1 nitrogen and oxygen atoms in total. The second kappa shape index (κ2) is 9.08. The lowest BCUT2D eigenvalue weighted by atomic mass is 9.77. The number of halogens is 5. The standard InChI is InChI=1S/C26H25F5O/c1-2-3-16-4-6-17(7-5-16)18-8-11-21-19(14-18)9-12-22(25(21)28)20-10-13-24(23(27)15-20)32-26(29,30)31/h8-17H,2-7H2,1H3/t16-,17-. The van der Waals surface area contributed by atoms with E-state index in [4.69, 9.17) is 0 Å². The molecule has 0 atom stereocenters. The van der Waals surface area contributed by atoms with E-state index in [1.54, 1.807) is 18.2 Å². The lowest BCUT2D eigenvalue weighted by Crippen LogP contribution is -2.17. The van der Waals surface area contributed by atoms with Crippen LogP contribution in [-0.4, -0.2) is 6.36 Å². The largest absolute Gasteiger partial charge is 0.573 e. The Bertz CT molecular complexity index is 1100. The van der Waals surface area contributed by atoms with Crippen molar-refractivity contribution in [2.24, 2.45) is 5.92 Å². The van der Waals surface area contributed by atoms with Gasteiger partial charge in [-0.05, 0) is 66.2 Å². The third kappa shape index (κ3) is 4.89. The van der Waals surface area contributed by atoms with Gasteiger partial charge in [0, 0.05) is 10.9 Å². The molecule has 0 amide bonds. The number of benzene rings is 3. The smallest absolute Gasteiger partial charge is 0.403 e. The molecule has 0 N–H and O–H groups in total. The Hall–Kier alpha value is -2.63. The van der Waals surface area contributed by atoms with E-state index in [9.17, 15) is 17.6 Å². The Morgan fingerprint density at radius 3 is 2.31 bits per heavy atom. The van der Waals surface area contributed by atoms with Gasteiger partial charge in [0.2, 0.25) is 0 Å². The van der Waals surface area contributed by atoms with E-state index in [1.807, 2.05) is 12.1 Å². The van der Waals surface area contributed by atoms with Gasteiger partial charge in [-0.15, -0.1) is 13.2 Å². The molecule has 4 rings (SSSR count). The second-order valence-electron chi connectivity index (χ2n) is 8.61. The summed E-state index contributed by atoms with van der Waals surface area (Å²) in [6, 6.07) is 12.0. The van der Waals surface area contributed by atoms with Crippen LogP contribution in [0.15, 0.2) is 48.5 Å². The zero-order valence-electron chi connectivity index (χ0n) is 17.8. The number of hydrogen-bond donors (Lipinski definition) is 0. The van der Waals surface area contributed by atoms with Crippen LogP contribution in [0.1, 0.15) is 56.9 Å². The van der Waals surface area contributed by atoms with Crippen LogP contribution in [0.2, 0.25) is 0 Å². The van der Waals surface area contributed by atoms with Gasteiger partial charge < -0.3 is 4.74 Å². The molecule has 1 aliphatic carbocycles. The van der Waals surface area contributed by atoms with Crippen LogP contribution in [0.3, 0.4) is 0 Å². The maximum atomic E-state index is 15.2. The fraction of sp³-hybridized carbons (Fsp3) is 0.385. The van der Waals surface area contributed by atoms with Crippen molar-refractivity contribution in [3.8, 4) is 16.9 Å². The number of rotatable bonds is 5. The monoisotopic (exact) mass is 448 g/mol. The van der Waals surface area contributed by atoms with E-state index in [0.29, 0.717) is 11.3 Å². The highest BCUT2D eigenvalue weighted by Gasteiger charge is 2.32. The van der Waals surface area contributed by atoms with Gasteiger partial charge in [-0.25, -0.2) is 8.78 Å². The Labute approximate surface area is 184 Å². The molecule has 0 radical (unpaired) electrons. The number of alkyl halides is 3. The summed E-state index contributed by atoms with van der Waals surface area (Å²) in [5.41, 5.74) is 1.48. The molecule has 1 fully saturated rings. The van der Waals surface area contributed by atoms with E-state index in [0.717, 1.165) is 36.3 Å². The average molecular weight is 448 g/mol. The first-order valence-electron chi connectivity index (χ1n) is 11.0. The number of fused-ring (bicyclic) bond motifs is 1. The van der Waals surface area contributed by atoms with Crippen molar-refractivity contribution < 1.29 is 26.7 Å². The molecule has 0 bridgehead atoms. The van der Waals surface area contributed by atoms with Crippen molar-refractivity contribution in [2.45, 2.75) is 57.7 Å². The van der Waals surface area contributed by atoms with Crippen LogP contribution in [-0.2, 0) is 0 Å². The summed E-state index contributed by atoms with van der Waals surface area (Å²) in [6.45, 7) is 2.22. The van der Waals surface area contributed by atoms with Gasteiger partial charge in [0.25, 0.3) is 0 Å². The molecular weight excluding hydrogens is 423 g/mol. The minimum atomic E-state index is -5.00. The second-order valence-corrected chi connectivity index (χ2v) is 8.61. The third-order valence-electron chi connectivity index (χ3n) is 6.46. The fourth-order valence-corrected chi connectivity index (χ4v) is 4.86. The zero-order valence-corrected chi connectivity index (χ0v) is 17.8. The van der Waals surface area contributed by atoms with Gasteiger partial charge in [0.15, 0.2) is 11.6 Å². The Morgan fingerprint density at radius 2 is 1.66 bits per heavy atom. The quantitative estimate of drug-likeness (QED) is 0.355. The molecule has 3 aromatic rings. The molecule has 0 aromatic heterocycles. The Morgan fingerprint density at radius 1 is 0.906 bits per heavy atom. The molecular formula is C26H25F5O. The van der Waals surface area contributed by atoms with Crippen LogP contribution in [0.5, 0.6) is 5.75 Å². The van der Waals surface area contributed by atoms with Crippen LogP contribution < -0.4 is 4.74 Å². The number of hydrogen-bond acceptors (Lipinski definition) is 1. The molecule has 0 saturated heterocycles. The maximum absolute atomic E-state index is 15.2. The predicted molar refractivity (Wildman–Crippen MR) is 116 cm³/mol. The normalized spacial score (nSPS) is 19.3. The van der Waals surface area contributed by atoms with Crippen molar-refractivity contribution in [1.82, 2.24) is 0 Å². The van der Waals surface area contributed by atoms with E-state index in [1.165, 1.54) is 37.3 Å². The molecule has 0 unspecified atom stereocenters. The number of ether oxygens (including phenoxy) is 1. The zero-order chi connectivity index (χ0) is 22.9. The molecule has 1 aliphatic rings. The van der Waals surface area contributed by atoms with E-state index < -0.39 is 23.7 Å². The fourth-order valence-electron chi connectivity index (χ4n) is 4.86.